The fourth-order valence-corrected chi connectivity index (χ4v) is 4.95. The SMILES string of the molecule is CS[C@H]1O[C@@H](c2ccc(C)c(Cc3ccc(Cl)cc3)c2)[C@H](OC(C)=O)[C@@H](OC(C)=O)[C@@H]1OC(C)=O. The first-order valence-corrected chi connectivity index (χ1v) is 12.8. The van der Waals surface area contributed by atoms with Gasteiger partial charge in [0.25, 0.3) is 0 Å². The van der Waals surface area contributed by atoms with E-state index in [1.807, 2.05) is 49.4 Å². The molecule has 0 N–H and O–H groups in total. The number of benzene rings is 2. The van der Waals surface area contributed by atoms with Crippen LogP contribution in [-0.4, -0.2) is 47.9 Å². The second-order valence-corrected chi connectivity index (χ2v) is 9.74. The molecule has 188 valence electrons. The molecule has 0 bridgehead atoms. The molecular formula is C26H29ClO7S. The van der Waals surface area contributed by atoms with Gasteiger partial charge in [-0.05, 0) is 54.0 Å². The largest absolute Gasteiger partial charge is 0.455 e. The summed E-state index contributed by atoms with van der Waals surface area (Å²) < 4.78 is 23.0. The molecule has 1 heterocycles. The van der Waals surface area contributed by atoms with Crippen LogP contribution in [0.5, 0.6) is 0 Å². The molecule has 7 nitrogen and oxygen atoms in total. The number of aryl methyl sites for hydroxylation is 1. The Morgan fingerprint density at radius 2 is 1.46 bits per heavy atom. The molecule has 1 fully saturated rings. The van der Waals surface area contributed by atoms with E-state index in [4.69, 9.17) is 30.5 Å². The van der Waals surface area contributed by atoms with E-state index in [1.54, 1.807) is 6.26 Å². The van der Waals surface area contributed by atoms with Crippen LogP contribution in [-0.2, 0) is 39.8 Å². The quantitative estimate of drug-likeness (QED) is 0.380. The maximum absolute atomic E-state index is 12.0. The van der Waals surface area contributed by atoms with Crippen molar-refractivity contribution in [3.8, 4) is 0 Å². The Labute approximate surface area is 214 Å². The predicted octanol–water partition coefficient (Wildman–Crippen LogP) is 4.79. The molecule has 5 atom stereocenters. The van der Waals surface area contributed by atoms with Gasteiger partial charge >= 0.3 is 17.9 Å². The lowest BCUT2D eigenvalue weighted by Gasteiger charge is -2.44. The normalized spacial score (nSPS) is 23.9. The highest BCUT2D eigenvalue weighted by molar-refractivity contribution is 7.99. The zero-order chi connectivity index (χ0) is 25.7. The minimum atomic E-state index is -1.04. The van der Waals surface area contributed by atoms with E-state index in [0.717, 1.165) is 22.3 Å². The molecule has 0 aliphatic carbocycles. The van der Waals surface area contributed by atoms with Crippen molar-refractivity contribution in [2.45, 2.75) is 64.0 Å². The van der Waals surface area contributed by atoms with Crippen LogP contribution in [0, 0.1) is 6.92 Å². The molecule has 3 rings (SSSR count). The highest BCUT2D eigenvalue weighted by Crippen LogP contribution is 2.40. The van der Waals surface area contributed by atoms with Crippen LogP contribution < -0.4 is 0 Å². The Balaban J connectivity index is 2.03. The third-order valence-electron chi connectivity index (χ3n) is 5.64. The first kappa shape index (κ1) is 27.0. The van der Waals surface area contributed by atoms with Crippen molar-refractivity contribution in [2.24, 2.45) is 0 Å². The topological polar surface area (TPSA) is 88.1 Å². The van der Waals surface area contributed by atoms with Gasteiger partial charge in [-0.25, -0.2) is 0 Å². The van der Waals surface area contributed by atoms with Gasteiger partial charge in [0.05, 0.1) is 0 Å². The number of ether oxygens (including phenoxy) is 4. The summed E-state index contributed by atoms with van der Waals surface area (Å²) in [5.74, 6) is -1.72. The van der Waals surface area contributed by atoms with Crippen molar-refractivity contribution in [1.82, 2.24) is 0 Å². The van der Waals surface area contributed by atoms with Gasteiger partial charge in [-0.1, -0.05) is 41.9 Å². The standard InChI is InChI=1S/C26H29ClO7S/c1-14-6-9-19(13-20(14)12-18-7-10-21(27)11-8-18)22-23(31-15(2)28)24(32-16(3)29)25(33-17(4)30)26(34-22)35-5/h6-11,13,22-26H,12H2,1-5H3/t22-,23-,24+,25-,26+/m0/s1. The van der Waals surface area contributed by atoms with E-state index in [9.17, 15) is 14.4 Å². The first-order chi connectivity index (χ1) is 16.6. The van der Waals surface area contributed by atoms with E-state index in [-0.39, 0.29) is 0 Å². The maximum Gasteiger partial charge on any atom is 0.303 e. The minimum Gasteiger partial charge on any atom is -0.455 e. The van der Waals surface area contributed by atoms with E-state index in [0.29, 0.717) is 11.4 Å². The van der Waals surface area contributed by atoms with Crippen molar-refractivity contribution in [3.63, 3.8) is 0 Å². The van der Waals surface area contributed by atoms with Crippen LogP contribution in [0.2, 0.25) is 5.02 Å². The van der Waals surface area contributed by atoms with Crippen molar-refractivity contribution in [3.05, 3.63) is 69.7 Å². The lowest BCUT2D eigenvalue weighted by molar-refractivity contribution is -0.233. The summed E-state index contributed by atoms with van der Waals surface area (Å²) in [6.45, 7) is 5.80. The summed E-state index contributed by atoms with van der Waals surface area (Å²) in [6, 6.07) is 13.5. The molecule has 2 aromatic carbocycles. The number of hydrogen-bond acceptors (Lipinski definition) is 8. The molecule has 35 heavy (non-hydrogen) atoms. The Morgan fingerprint density at radius 3 is 2.03 bits per heavy atom. The molecule has 0 amide bonds. The molecule has 2 aromatic rings. The summed E-state index contributed by atoms with van der Waals surface area (Å²) in [4.78, 5) is 35.8. The number of hydrogen-bond donors (Lipinski definition) is 0. The average molecular weight is 521 g/mol. The van der Waals surface area contributed by atoms with Gasteiger partial charge in [-0.3, -0.25) is 14.4 Å². The van der Waals surface area contributed by atoms with Gasteiger partial charge in [0.2, 0.25) is 0 Å². The molecule has 1 aliphatic heterocycles. The smallest absolute Gasteiger partial charge is 0.303 e. The van der Waals surface area contributed by atoms with Crippen molar-refractivity contribution in [1.29, 1.82) is 0 Å². The van der Waals surface area contributed by atoms with Gasteiger partial charge in [0, 0.05) is 25.8 Å². The van der Waals surface area contributed by atoms with Crippen molar-refractivity contribution in [2.75, 3.05) is 6.26 Å². The van der Waals surface area contributed by atoms with Gasteiger partial charge in [0.1, 0.15) is 11.5 Å². The monoisotopic (exact) mass is 520 g/mol. The second-order valence-electron chi connectivity index (χ2n) is 8.37. The summed E-state index contributed by atoms with van der Waals surface area (Å²) in [7, 11) is 0. The van der Waals surface area contributed by atoms with E-state index in [1.165, 1.54) is 32.5 Å². The molecule has 0 spiro atoms. The average Bonchev–Trinajstić information content (AvgIpc) is 2.78. The summed E-state index contributed by atoms with van der Waals surface area (Å²) in [6.07, 6.45) is -1.30. The van der Waals surface area contributed by atoms with Crippen molar-refractivity contribution >= 4 is 41.3 Å². The molecule has 0 unspecified atom stereocenters. The predicted molar refractivity (Wildman–Crippen MR) is 133 cm³/mol. The second kappa shape index (κ2) is 11.9. The molecule has 9 heteroatoms. The van der Waals surface area contributed by atoms with E-state index >= 15 is 0 Å². The number of rotatable bonds is 7. The molecule has 0 saturated carbocycles. The molecule has 0 radical (unpaired) electrons. The Hall–Kier alpha value is -2.55. The van der Waals surface area contributed by atoms with Gasteiger partial charge < -0.3 is 18.9 Å². The van der Waals surface area contributed by atoms with Gasteiger partial charge in [-0.15, -0.1) is 11.8 Å². The lowest BCUT2D eigenvalue weighted by Crippen LogP contribution is -2.57. The van der Waals surface area contributed by atoms with Crippen LogP contribution in [0.3, 0.4) is 0 Å². The zero-order valence-electron chi connectivity index (χ0n) is 20.3. The number of carbonyl (C=O) groups is 3. The van der Waals surface area contributed by atoms with Gasteiger partial charge in [0.15, 0.2) is 18.3 Å². The third-order valence-corrected chi connectivity index (χ3v) is 6.74. The van der Waals surface area contributed by atoms with Crippen LogP contribution in [0.25, 0.3) is 0 Å². The minimum absolute atomic E-state index is 0.560. The summed E-state index contributed by atoms with van der Waals surface area (Å²) in [5, 5.41) is 0.668. The summed E-state index contributed by atoms with van der Waals surface area (Å²) >= 11 is 7.34. The molecule has 0 aromatic heterocycles. The van der Waals surface area contributed by atoms with E-state index < -0.39 is 47.8 Å². The van der Waals surface area contributed by atoms with Crippen molar-refractivity contribution < 1.29 is 33.3 Å². The molecule has 1 saturated heterocycles. The Kier molecular flexibility index (Phi) is 9.21. The number of carbonyl (C=O) groups excluding carboxylic acids is 3. The van der Waals surface area contributed by atoms with E-state index in [2.05, 4.69) is 0 Å². The Morgan fingerprint density at radius 1 is 0.886 bits per heavy atom. The number of halogens is 1. The van der Waals surface area contributed by atoms with Crippen LogP contribution in [0.15, 0.2) is 42.5 Å². The fraction of sp³-hybridized carbons (Fsp3) is 0.423. The highest BCUT2D eigenvalue weighted by atomic mass is 35.5. The third kappa shape index (κ3) is 6.99. The van der Waals surface area contributed by atoms with Gasteiger partial charge in [-0.2, -0.15) is 0 Å². The molecule has 1 aliphatic rings. The van der Waals surface area contributed by atoms with Crippen LogP contribution in [0.4, 0.5) is 0 Å². The Bertz CT molecular complexity index is 1070. The number of thioether (sulfide) groups is 1. The fourth-order valence-electron chi connectivity index (χ4n) is 4.11. The lowest BCUT2D eigenvalue weighted by atomic mass is 9.90. The van der Waals surface area contributed by atoms with Crippen LogP contribution >= 0.6 is 23.4 Å². The molecular weight excluding hydrogens is 492 g/mol. The first-order valence-electron chi connectivity index (χ1n) is 11.1. The highest BCUT2D eigenvalue weighted by Gasteiger charge is 2.52. The summed E-state index contributed by atoms with van der Waals surface area (Å²) in [5.41, 5.74) is 3.33. The van der Waals surface area contributed by atoms with Crippen LogP contribution in [0.1, 0.15) is 49.1 Å². The zero-order valence-corrected chi connectivity index (χ0v) is 21.9. The maximum atomic E-state index is 12.0. The number of esters is 3.